The molecule has 3 aromatic rings. The van der Waals surface area contributed by atoms with E-state index in [1.807, 2.05) is 30.5 Å². The molecule has 1 aliphatic heterocycles. The summed E-state index contributed by atoms with van der Waals surface area (Å²) < 4.78 is 47.1. The minimum Gasteiger partial charge on any atom is -0.376 e. The molecule has 0 saturated carbocycles. The van der Waals surface area contributed by atoms with Crippen LogP contribution in [0.3, 0.4) is 0 Å². The highest BCUT2D eigenvalue weighted by atomic mass is 35.5. The summed E-state index contributed by atoms with van der Waals surface area (Å²) in [5.41, 5.74) is 3.24. The van der Waals surface area contributed by atoms with E-state index in [9.17, 15) is 13.2 Å². The van der Waals surface area contributed by atoms with E-state index in [1.165, 1.54) is 12.1 Å². The second-order valence-corrected chi connectivity index (χ2v) is 7.56. The van der Waals surface area contributed by atoms with E-state index >= 15 is 0 Å². The number of hydrogen-bond acceptors (Lipinski definition) is 3. The van der Waals surface area contributed by atoms with Gasteiger partial charge in [-0.2, -0.15) is 13.2 Å². The lowest BCUT2D eigenvalue weighted by molar-refractivity contribution is -0.137. The molecular weight excluding hydrogens is 403 g/mol. The maximum atomic E-state index is 13.1. The van der Waals surface area contributed by atoms with E-state index in [2.05, 4.69) is 4.98 Å². The van der Waals surface area contributed by atoms with Crippen LogP contribution in [-0.4, -0.2) is 27.2 Å². The second kappa shape index (κ2) is 7.46. The summed E-state index contributed by atoms with van der Waals surface area (Å²) in [6.45, 7) is 4.98. The zero-order valence-electron chi connectivity index (χ0n) is 15.9. The fraction of sp³-hybridized carbons (Fsp3) is 0.333. The van der Waals surface area contributed by atoms with Crippen LogP contribution in [0.4, 0.5) is 13.2 Å². The van der Waals surface area contributed by atoms with Gasteiger partial charge >= 0.3 is 6.18 Å². The lowest BCUT2D eigenvalue weighted by atomic mass is 10.1. The van der Waals surface area contributed by atoms with Gasteiger partial charge in [-0.05, 0) is 38.1 Å². The Morgan fingerprint density at radius 1 is 1.17 bits per heavy atom. The molecule has 4 rings (SSSR count). The molecule has 0 aliphatic carbocycles. The van der Waals surface area contributed by atoms with Crippen LogP contribution in [0, 0.1) is 6.92 Å². The first-order chi connectivity index (χ1) is 13.7. The topological polar surface area (TPSA) is 39.9 Å². The molecule has 1 atom stereocenters. The van der Waals surface area contributed by atoms with Crippen molar-refractivity contribution in [2.24, 2.45) is 0 Å². The van der Waals surface area contributed by atoms with Crippen molar-refractivity contribution in [2.75, 3.05) is 6.61 Å². The average Bonchev–Trinajstić information content (AvgIpc) is 2.87. The van der Waals surface area contributed by atoms with Crippen molar-refractivity contribution >= 4 is 11.6 Å². The van der Waals surface area contributed by atoms with Crippen molar-refractivity contribution in [3.63, 3.8) is 0 Å². The molecule has 1 aliphatic rings. The fourth-order valence-corrected chi connectivity index (χ4v) is 3.92. The third-order valence-corrected chi connectivity index (χ3v) is 5.27. The minimum absolute atomic E-state index is 0.0406. The molecule has 0 amide bonds. The van der Waals surface area contributed by atoms with Crippen LogP contribution >= 0.6 is 11.6 Å². The van der Waals surface area contributed by atoms with Gasteiger partial charge in [0.15, 0.2) is 0 Å². The molecule has 0 spiro atoms. The number of hydrogen-bond donors (Lipinski definition) is 0. The minimum atomic E-state index is -4.50. The number of pyridine rings is 1. The number of alkyl halides is 3. The SMILES string of the molecule is Cc1cc(-c2nc(-c3ccc(C(F)(F)F)c(Cl)c3)n3c2CCO[C@H](C)C3)ccn1. The summed E-state index contributed by atoms with van der Waals surface area (Å²) in [6, 6.07) is 7.59. The van der Waals surface area contributed by atoms with E-state index in [-0.39, 0.29) is 11.1 Å². The normalized spacial score (nSPS) is 17.1. The van der Waals surface area contributed by atoms with Crippen LogP contribution < -0.4 is 0 Å². The maximum absolute atomic E-state index is 13.1. The van der Waals surface area contributed by atoms with Crippen LogP contribution in [0.25, 0.3) is 22.6 Å². The number of fused-ring (bicyclic) bond motifs is 1. The molecule has 0 fully saturated rings. The smallest absolute Gasteiger partial charge is 0.376 e. The Balaban J connectivity index is 1.89. The lowest BCUT2D eigenvalue weighted by Crippen LogP contribution is -2.15. The first-order valence-corrected chi connectivity index (χ1v) is 9.63. The van der Waals surface area contributed by atoms with Gasteiger partial charge in [0.25, 0.3) is 0 Å². The summed E-state index contributed by atoms with van der Waals surface area (Å²) in [6.07, 6.45) is -2.16. The quantitative estimate of drug-likeness (QED) is 0.544. The Kier molecular flexibility index (Phi) is 5.12. The van der Waals surface area contributed by atoms with Crippen molar-refractivity contribution in [2.45, 2.75) is 39.1 Å². The molecule has 0 N–H and O–H groups in total. The third-order valence-electron chi connectivity index (χ3n) is 4.96. The van der Waals surface area contributed by atoms with Crippen LogP contribution in [-0.2, 0) is 23.9 Å². The van der Waals surface area contributed by atoms with Gasteiger partial charge in [0.1, 0.15) is 5.82 Å². The number of halogens is 4. The molecule has 29 heavy (non-hydrogen) atoms. The molecule has 0 saturated heterocycles. The predicted molar refractivity (Wildman–Crippen MR) is 105 cm³/mol. The van der Waals surface area contributed by atoms with Gasteiger partial charge in [0, 0.05) is 35.1 Å². The highest BCUT2D eigenvalue weighted by molar-refractivity contribution is 6.31. The Morgan fingerprint density at radius 3 is 2.66 bits per heavy atom. The lowest BCUT2D eigenvalue weighted by Gasteiger charge is -2.14. The van der Waals surface area contributed by atoms with Gasteiger partial charge in [-0.1, -0.05) is 17.7 Å². The molecule has 2 aromatic heterocycles. The van der Waals surface area contributed by atoms with Crippen LogP contribution in [0.1, 0.15) is 23.9 Å². The second-order valence-electron chi connectivity index (χ2n) is 7.15. The highest BCUT2D eigenvalue weighted by Gasteiger charge is 2.33. The molecule has 1 aromatic carbocycles. The molecule has 152 valence electrons. The van der Waals surface area contributed by atoms with Crippen LogP contribution in [0.2, 0.25) is 5.02 Å². The van der Waals surface area contributed by atoms with Crippen molar-refractivity contribution in [3.05, 3.63) is 58.5 Å². The summed E-state index contributed by atoms with van der Waals surface area (Å²) in [5, 5.41) is -0.341. The van der Waals surface area contributed by atoms with E-state index in [4.69, 9.17) is 21.3 Å². The molecule has 8 heteroatoms. The largest absolute Gasteiger partial charge is 0.417 e. The monoisotopic (exact) mass is 421 g/mol. The number of rotatable bonds is 2. The summed E-state index contributed by atoms with van der Waals surface area (Å²) in [4.78, 5) is 9.06. The van der Waals surface area contributed by atoms with Crippen molar-refractivity contribution in [3.8, 4) is 22.6 Å². The summed E-state index contributed by atoms with van der Waals surface area (Å²) >= 11 is 5.96. The summed E-state index contributed by atoms with van der Waals surface area (Å²) in [7, 11) is 0. The van der Waals surface area contributed by atoms with Gasteiger partial charge < -0.3 is 9.30 Å². The first kappa shape index (κ1) is 19.9. The van der Waals surface area contributed by atoms with Crippen molar-refractivity contribution in [1.82, 2.24) is 14.5 Å². The molecule has 3 heterocycles. The Labute approximate surface area is 171 Å². The van der Waals surface area contributed by atoms with Gasteiger partial charge in [-0.15, -0.1) is 0 Å². The number of aryl methyl sites for hydroxylation is 1. The predicted octanol–water partition coefficient (Wildman–Crippen LogP) is 5.55. The van der Waals surface area contributed by atoms with E-state index < -0.39 is 11.7 Å². The number of benzene rings is 1. The standard InChI is InChI=1S/C21H19ClF3N3O/c1-12-9-14(5-7-26-12)19-18-6-8-29-13(2)11-28(18)20(27-19)15-3-4-16(17(22)10-15)21(23,24)25/h3-5,7,9-10,13H,6,8,11H2,1-2H3/t13-/m1/s1. The summed E-state index contributed by atoms with van der Waals surface area (Å²) in [5.74, 6) is 0.581. The van der Waals surface area contributed by atoms with Crippen molar-refractivity contribution < 1.29 is 17.9 Å². The van der Waals surface area contributed by atoms with Gasteiger partial charge in [-0.25, -0.2) is 4.98 Å². The first-order valence-electron chi connectivity index (χ1n) is 9.25. The van der Waals surface area contributed by atoms with Gasteiger partial charge in [0.05, 0.1) is 35.5 Å². The maximum Gasteiger partial charge on any atom is 0.417 e. The highest BCUT2D eigenvalue weighted by Crippen LogP contribution is 2.38. The molecule has 4 nitrogen and oxygen atoms in total. The van der Waals surface area contributed by atoms with E-state index in [0.29, 0.717) is 31.0 Å². The zero-order valence-corrected chi connectivity index (χ0v) is 16.7. The number of ether oxygens (including phenoxy) is 1. The number of imidazole rings is 1. The van der Waals surface area contributed by atoms with Crippen LogP contribution in [0.15, 0.2) is 36.5 Å². The molecule has 0 bridgehead atoms. The van der Waals surface area contributed by atoms with E-state index in [1.54, 1.807) is 6.20 Å². The Hall–Kier alpha value is -2.38. The van der Waals surface area contributed by atoms with Crippen LogP contribution in [0.5, 0.6) is 0 Å². The third kappa shape index (κ3) is 3.89. The number of aromatic nitrogens is 3. The average molecular weight is 422 g/mol. The van der Waals surface area contributed by atoms with E-state index in [0.717, 1.165) is 28.7 Å². The molecular formula is C21H19ClF3N3O. The molecule has 0 unspecified atom stereocenters. The molecule has 0 radical (unpaired) electrons. The Bertz CT molecular complexity index is 1060. The van der Waals surface area contributed by atoms with Gasteiger partial charge in [-0.3, -0.25) is 4.98 Å². The Morgan fingerprint density at radius 2 is 1.97 bits per heavy atom. The zero-order chi connectivity index (χ0) is 20.8. The van der Waals surface area contributed by atoms with Gasteiger partial charge in [0.2, 0.25) is 0 Å². The van der Waals surface area contributed by atoms with Crippen molar-refractivity contribution in [1.29, 1.82) is 0 Å². The number of nitrogens with zero attached hydrogens (tertiary/aromatic N) is 3. The fourth-order valence-electron chi connectivity index (χ4n) is 3.63.